The van der Waals surface area contributed by atoms with Gasteiger partial charge in [-0.2, -0.15) is 0 Å². The minimum Gasteiger partial charge on any atom is -0.502 e. The Kier molecular flexibility index (Phi) is 3.97. The molecule has 3 aromatic rings. The number of aryl methyl sites for hydroxylation is 1. The standard InChI is InChI=1S/C19H16O3/c1-14-12-17(21-15-8-4-2-5-9-15)19(20)18(13-14)22-16-10-6-3-7-11-16/h2-13,20H,1H3. The average Bonchev–Trinajstić information content (AvgIpc) is 2.54. The lowest BCUT2D eigenvalue weighted by atomic mass is 10.2. The van der Waals surface area contributed by atoms with Crippen LogP contribution in [0.1, 0.15) is 5.56 Å². The molecule has 0 atom stereocenters. The Hall–Kier alpha value is -2.94. The second kappa shape index (κ2) is 6.22. The summed E-state index contributed by atoms with van der Waals surface area (Å²) in [4.78, 5) is 0. The molecule has 1 N–H and O–H groups in total. The number of ether oxygens (including phenoxy) is 2. The van der Waals surface area contributed by atoms with Gasteiger partial charge in [0.2, 0.25) is 5.75 Å². The molecule has 0 spiro atoms. The zero-order valence-electron chi connectivity index (χ0n) is 12.2. The topological polar surface area (TPSA) is 38.7 Å². The fourth-order valence-electron chi connectivity index (χ4n) is 2.10. The van der Waals surface area contributed by atoms with Crippen molar-refractivity contribution < 1.29 is 14.6 Å². The fraction of sp³-hybridized carbons (Fsp3) is 0.0526. The highest BCUT2D eigenvalue weighted by molar-refractivity contribution is 5.55. The zero-order chi connectivity index (χ0) is 15.4. The van der Waals surface area contributed by atoms with Crippen LogP contribution in [0.2, 0.25) is 0 Å². The molecule has 0 aliphatic heterocycles. The third kappa shape index (κ3) is 3.20. The maximum atomic E-state index is 10.4. The summed E-state index contributed by atoms with van der Waals surface area (Å²) in [7, 11) is 0. The summed E-state index contributed by atoms with van der Waals surface area (Å²) >= 11 is 0. The molecule has 0 fully saturated rings. The van der Waals surface area contributed by atoms with Crippen LogP contribution >= 0.6 is 0 Å². The van der Waals surface area contributed by atoms with Gasteiger partial charge in [-0.1, -0.05) is 36.4 Å². The lowest BCUT2D eigenvalue weighted by Crippen LogP contribution is -1.90. The van der Waals surface area contributed by atoms with Gasteiger partial charge in [0, 0.05) is 0 Å². The maximum Gasteiger partial charge on any atom is 0.202 e. The number of rotatable bonds is 4. The van der Waals surface area contributed by atoms with Gasteiger partial charge < -0.3 is 14.6 Å². The largest absolute Gasteiger partial charge is 0.502 e. The summed E-state index contributed by atoms with van der Waals surface area (Å²) in [5, 5.41) is 10.4. The molecule has 0 aliphatic carbocycles. The smallest absolute Gasteiger partial charge is 0.202 e. The first-order valence-corrected chi connectivity index (χ1v) is 7.02. The molecular weight excluding hydrogens is 276 g/mol. The van der Waals surface area contributed by atoms with Crippen molar-refractivity contribution in [3.8, 4) is 28.7 Å². The number of hydrogen-bond acceptors (Lipinski definition) is 3. The molecule has 0 aliphatic rings. The van der Waals surface area contributed by atoms with Gasteiger partial charge in [-0.3, -0.25) is 0 Å². The normalized spacial score (nSPS) is 10.2. The van der Waals surface area contributed by atoms with Gasteiger partial charge >= 0.3 is 0 Å². The van der Waals surface area contributed by atoms with Crippen molar-refractivity contribution in [2.75, 3.05) is 0 Å². The minimum atomic E-state index is -0.0155. The van der Waals surface area contributed by atoms with Gasteiger partial charge in [-0.15, -0.1) is 0 Å². The molecule has 0 heterocycles. The zero-order valence-corrected chi connectivity index (χ0v) is 12.2. The number of benzene rings is 3. The lowest BCUT2D eigenvalue weighted by Gasteiger charge is -2.13. The highest BCUT2D eigenvalue weighted by atomic mass is 16.5. The van der Waals surface area contributed by atoms with E-state index in [9.17, 15) is 5.11 Å². The Bertz CT molecular complexity index is 690. The van der Waals surface area contributed by atoms with Crippen molar-refractivity contribution in [1.82, 2.24) is 0 Å². The Balaban J connectivity index is 1.92. The predicted molar refractivity (Wildman–Crippen MR) is 85.9 cm³/mol. The van der Waals surface area contributed by atoms with Gasteiger partial charge in [0.1, 0.15) is 11.5 Å². The first kappa shape index (κ1) is 14.0. The monoisotopic (exact) mass is 292 g/mol. The van der Waals surface area contributed by atoms with Crippen LogP contribution in [-0.2, 0) is 0 Å². The molecule has 0 radical (unpaired) electrons. The number of phenols is 1. The van der Waals surface area contributed by atoms with Gasteiger partial charge in [0.25, 0.3) is 0 Å². The van der Waals surface area contributed by atoms with Crippen molar-refractivity contribution in [1.29, 1.82) is 0 Å². The first-order chi connectivity index (χ1) is 10.7. The van der Waals surface area contributed by atoms with E-state index in [0.29, 0.717) is 23.0 Å². The van der Waals surface area contributed by atoms with Crippen LogP contribution in [0.5, 0.6) is 28.7 Å². The molecule has 0 saturated heterocycles. The molecular formula is C19H16O3. The quantitative estimate of drug-likeness (QED) is 0.710. The van der Waals surface area contributed by atoms with E-state index >= 15 is 0 Å². The van der Waals surface area contributed by atoms with Crippen LogP contribution in [0, 0.1) is 6.92 Å². The summed E-state index contributed by atoms with van der Waals surface area (Å²) in [6, 6.07) is 22.2. The summed E-state index contributed by atoms with van der Waals surface area (Å²) in [6.07, 6.45) is 0. The van der Waals surface area contributed by atoms with Crippen molar-refractivity contribution in [2.45, 2.75) is 6.92 Å². The van der Waals surface area contributed by atoms with E-state index in [-0.39, 0.29) is 5.75 Å². The summed E-state index contributed by atoms with van der Waals surface area (Å²) in [5.41, 5.74) is 0.940. The second-order valence-electron chi connectivity index (χ2n) is 4.94. The van der Waals surface area contributed by atoms with Crippen LogP contribution < -0.4 is 9.47 Å². The summed E-state index contributed by atoms with van der Waals surface area (Å²) < 4.78 is 11.5. The Morgan fingerprint density at radius 3 is 1.50 bits per heavy atom. The van der Waals surface area contributed by atoms with Gasteiger partial charge in [0.05, 0.1) is 0 Å². The Morgan fingerprint density at radius 1 is 0.682 bits per heavy atom. The number of hydrogen-bond donors (Lipinski definition) is 1. The number of phenolic OH excluding ortho intramolecular Hbond substituents is 1. The van der Waals surface area contributed by atoms with E-state index in [1.165, 1.54) is 0 Å². The lowest BCUT2D eigenvalue weighted by molar-refractivity contribution is 0.377. The minimum absolute atomic E-state index is 0.0155. The Morgan fingerprint density at radius 2 is 1.09 bits per heavy atom. The molecule has 0 saturated carbocycles. The average molecular weight is 292 g/mol. The summed E-state index contributed by atoms with van der Waals surface area (Å²) in [5.74, 6) is 2.05. The Labute approximate surface area is 129 Å². The number of para-hydroxylation sites is 2. The van der Waals surface area contributed by atoms with Crippen LogP contribution in [0.15, 0.2) is 72.8 Å². The molecule has 0 bridgehead atoms. The molecule has 3 rings (SSSR count). The molecule has 110 valence electrons. The SMILES string of the molecule is Cc1cc(Oc2ccccc2)c(O)c(Oc2ccccc2)c1. The second-order valence-corrected chi connectivity index (χ2v) is 4.94. The van der Waals surface area contributed by atoms with E-state index in [4.69, 9.17) is 9.47 Å². The van der Waals surface area contributed by atoms with Crippen molar-refractivity contribution in [2.24, 2.45) is 0 Å². The van der Waals surface area contributed by atoms with E-state index in [1.807, 2.05) is 67.6 Å². The van der Waals surface area contributed by atoms with Crippen LogP contribution in [0.3, 0.4) is 0 Å². The van der Waals surface area contributed by atoms with Crippen molar-refractivity contribution >= 4 is 0 Å². The summed E-state index contributed by atoms with van der Waals surface area (Å²) in [6.45, 7) is 1.93. The van der Waals surface area contributed by atoms with Crippen molar-refractivity contribution in [3.05, 3.63) is 78.4 Å². The van der Waals surface area contributed by atoms with E-state index < -0.39 is 0 Å². The highest BCUT2D eigenvalue weighted by Crippen LogP contribution is 2.41. The third-order valence-electron chi connectivity index (χ3n) is 3.13. The van der Waals surface area contributed by atoms with Crippen LogP contribution in [0.25, 0.3) is 0 Å². The molecule has 0 amide bonds. The molecule has 3 nitrogen and oxygen atoms in total. The molecule has 3 aromatic carbocycles. The van der Waals surface area contributed by atoms with E-state index in [0.717, 1.165) is 5.56 Å². The first-order valence-electron chi connectivity index (χ1n) is 7.02. The van der Waals surface area contributed by atoms with E-state index in [1.54, 1.807) is 12.1 Å². The van der Waals surface area contributed by atoms with Crippen LogP contribution in [0.4, 0.5) is 0 Å². The van der Waals surface area contributed by atoms with E-state index in [2.05, 4.69) is 0 Å². The molecule has 0 aromatic heterocycles. The van der Waals surface area contributed by atoms with Gasteiger partial charge in [0.15, 0.2) is 11.5 Å². The fourth-order valence-corrected chi connectivity index (χ4v) is 2.10. The molecule has 3 heteroatoms. The van der Waals surface area contributed by atoms with Crippen LogP contribution in [-0.4, -0.2) is 5.11 Å². The third-order valence-corrected chi connectivity index (χ3v) is 3.13. The molecule has 22 heavy (non-hydrogen) atoms. The van der Waals surface area contributed by atoms with Gasteiger partial charge in [-0.05, 0) is 48.9 Å². The highest BCUT2D eigenvalue weighted by Gasteiger charge is 2.13. The maximum absolute atomic E-state index is 10.4. The number of aromatic hydroxyl groups is 1. The molecule has 0 unspecified atom stereocenters. The van der Waals surface area contributed by atoms with Crippen molar-refractivity contribution in [3.63, 3.8) is 0 Å². The predicted octanol–water partition coefficient (Wildman–Crippen LogP) is 5.29. The van der Waals surface area contributed by atoms with Gasteiger partial charge in [-0.25, -0.2) is 0 Å².